The van der Waals surface area contributed by atoms with Crippen molar-refractivity contribution in [3.63, 3.8) is 0 Å². The molecule has 0 atom stereocenters. The molecule has 0 fully saturated rings. The van der Waals surface area contributed by atoms with E-state index < -0.39 is 0 Å². The monoisotopic (exact) mass is 286 g/mol. The molecule has 0 unspecified atom stereocenters. The van der Waals surface area contributed by atoms with Crippen LogP contribution in [-0.4, -0.2) is 19.1 Å². The molecule has 0 bridgehead atoms. The highest BCUT2D eigenvalue weighted by Gasteiger charge is 2.06. The van der Waals surface area contributed by atoms with E-state index in [1.807, 2.05) is 25.1 Å². The van der Waals surface area contributed by atoms with Crippen LogP contribution in [0, 0.1) is 0 Å². The summed E-state index contributed by atoms with van der Waals surface area (Å²) in [6.07, 6.45) is 0. The number of rotatable bonds is 6. The third-order valence-electron chi connectivity index (χ3n) is 2.71. The molecular weight excluding hydrogens is 268 g/mol. The van der Waals surface area contributed by atoms with E-state index in [9.17, 15) is 4.79 Å². The van der Waals surface area contributed by atoms with Crippen LogP contribution < -0.4 is 20.5 Å². The predicted octanol–water partition coefficient (Wildman–Crippen LogP) is 2.68. The quantitative estimate of drug-likeness (QED) is 0.801. The van der Waals surface area contributed by atoms with Crippen molar-refractivity contribution >= 4 is 17.3 Å². The van der Waals surface area contributed by atoms with Crippen molar-refractivity contribution < 1.29 is 14.3 Å². The summed E-state index contributed by atoms with van der Waals surface area (Å²) in [6.45, 7) is 2.38. The van der Waals surface area contributed by atoms with Crippen molar-refractivity contribution in [2.45, 2.75) is 6.92 Å². The largest absolute Gasteiger partial charge is 0.494 e. The average Bonchev–Trinajstić information content (AvgIpc) is 2.47. The Balaban J connectivity index is 1.90. The minimum absolute atomic E-state index is 0.104. The van der Waals surface area contributed by atoms with Crippen LogP contribution in [0.1, 0.15) is 6.92 Å². The van der Waals surface area contributed by atoms with E-state index >= 15 is 0 Å². The van der Waals surface area contributed by atoms with Crippen LogP contribution in [0.15, 0.2) is 48.5 Å². The summed E-state index contributed by atoms with van der Waals surface area (Å²) >= 11 is 0. The standard InChI is InChI=1S/C16H18N2O3/c1-2-20-13-7-5-6-12(10-13)18-16(19)11-21-15-9-4-3-8-14(15)17/h3-10H,2,11,17H2,1H3,(H,18,19). The van der Waals surface area contributed by atoms with E-state index in [2.05, 4.69) is 5.32 Å². The number of para-hydroxylation sites is 2. The first-order valence-corrected chi connectivity index (χ1v) is 6.69. The minimum atomic E-state index is -0.257. The van der Waals surface area contributed by atoms with E-state index in [1.165, 1.54) is 0 Å². The number of hydrogen-bond acceptors (Lipinski definition) is 4. The van der Waals surface area contributed by atoms with E-state index in [0.29, 0.717) is 29.5 Å². The van der Waals surface area contributed by atoms with E-state index in [1.54, 1.807) is 30.3 Å². The predicted molar refractivity (Wildman–Crippen MR) is 82.6 cm³/mol. The van der Waals surface area contributed by atoms with Gasteiger partial charge < -0.3 is 20.5 Å². The molecule has 2 aromatic carbocycles. The summed E-state index contributed by atoms with van der Waals surface area (Å²) in [5, 5.41) is 2.75. The van der Waals surface area contributed by atoms with Gasteiger partial charge in [-0.2, -0.15) is 0 Å². The Labute approximate surface area is 123 Å². The maximum Gasteiger partial charge on any atom is 0.262 e. The smallest absolute Gasteiger partial charge is 0.262 e. The number of nitrogen functional groups attached to an aromatic ring is 1. The van der Waals surface area contributed by atoms with Gasteiger partial charge in [-0.25, -0.2) is 0 Å². The Morgan fingerprint density at radius 2 is 1.95 bits per heavy atom. The number of benzene rings is 2. The maximum atomic E-state index is 11.8. The van der Waals surface area contributed by atoms with Gasteiger partial charge in [0.25, 0.3) is 5.91 Å². The van der Waals surface area contributed by atoms with Crippen LogP contribution >= 0.6 is 0 Å². The molecule has 5 heteroatoms. The van der Waals surface area contributed by atoms with Crippen molar-refractivity contribution in [3.05, 3.63) is 48.5 Å². The highest BCUT2D eigenvalue weighted by Crippen LogP contribution is 2.20. The van der Waals surface area contributed by atoms with Gasteiger partial charge in [0.1, 0.15) is 11.5 Å². The molecule has 0 spiro atoms. The zero-order valence-corrected chi connectivity index (χ0v) is 11.8. The summed E-state index contributed by atoms with van der Waals surface area (Å²) in [6, 6.07) is 14.3. The van der Waals surface area contributed by atoms with Crippen LogP contribution in [-0.2, 0) is 4.79 Å². The molecule has 0 saturated heterocycles. The lowest BCUT2D eigenvalue weighted by molar-refractivity contribution is -0.118. The van der Waals surface area contributed by atoms with Crippen molar-refractivity contribution in [2.24, 2.45) is 0 Å². The molecule has 2 rings (SSSR count). The lowest BCUT2D eigenvalue weighted by Gasteiger charge is -2.10. The van der Waals surface area contributed by atoms with E-state index in [0.717, 1.165) is 0 Å². The Kier molecular flexibility index (Phi) is 5.04. The van der Waals surface area contributed by atoms with Crippen LogP contribution in [0.5, 0.6) is 11.5 Å². The number of nitrogens with two attached hydrogens (primary N) is 1. The first kappa shape index (κ1) is 14.7. The summed E-state index contributed by atoms with van der Waals surface area (Å²) in [5.41, 5.74) is 6.91. The summed E-state index contributed by atoms with van der Waals surface area (Å²) in [4.78, 5) is 11.8. The molecule has 2 aromatic rings. The zero-order chi connectivity index (χ0) is 15.1. The van der Waals surface area contributed by atoms with Crippen LogP contribution in [0.2, 0.25) is 0 Å². The lowest BCUT2D eigenvalue weighted by atomic mass is 10.3. The fourth-order valence-electron chi connectivity index (χ4n) is 1.78. The van der Waals surface area contributed by atoms with Gasteiger partial charge in [-0.15, -0.1) is 0 Å². The van der Waals surface area contributed by atoms with Gasteiger partial charge in [0.2, 0.25) is 0 Å². The lowest BCUT2D eigenvalue weighted by Crippen LogP contribution is -2.20. The molecule has 0 aliphatic heterocycles. The molecule has 5 nitrogen and oxygen atoms in total. The van der Waals surface area contributed by atoms with Crippen molar-refractivity contribution in [2.75, 3.05) is 24.3 Å². The van der Waals surface area contributed by atoms with Gasteiger partial charge in [-0.3, -0.25) is 4.79 Å². The van der Waals surface area contributed by atoms with Crippen LogP contribution in [0.4, 0.5) is 11.4 Å². The van der Waals surface area contributed by atoms with Crippen molar-refractivity contribution in [1.82, 2.24) is 0 Å². The molecule has 0 radical (unpaired) electrons. The molecule has 0 saturated carbocycles. The zero-order valence-electron chi connectivity index (χ0n) is 11.8. The normalized spacial score (nSPS) is 9.95. The number of amides is 1. The first-order chi connectivity index (χ1) is 10.2. The number of carbonyl (C=O) groups excluding carboxylic acids is 1. The molecule has 0 aliphatic rings. The molecule has 21 heavy (non-hydrogen) atoms. The second-order valence-electron chi connectivity index (χ2n) is 4.34. The highest BCUT2D eigenvalue weighted by molar-refractivity contribution is 5.92. The summed E-state index contributed by atoms with van der Waals surface area (Å²) in [5.74, 6) is 0.950. The Hall–Kier alpha value is -2.69. The highest BCUT2D eigenvalue weighted by atomic mass is 16.5. The average molecular weight is 286 g/mol. The van der Waals surface area contributed by atoms with Gasteiger partial charge >= 0.3 is 0 Å². The Bertz CT molecular complexity index is 614. The van der Waals surface area contributed by atoms with Gasteiger partial charge in [-0.1, -0.05) is 18.2 Å². The fraction of sp³-hybridized carbons (Fsp3) is 0.188. The van der Waals surface area contributed by atoms with Gasteiger partial charge in [0.05, 0.1) is 12.3 Å². The number of nitrogens with one attached hydrogen (secondary N) is 1. The molecule has 0 aromatic heterocycles. The summed E-state index contributed by atoms with van der Waals surface area (Å²) in [7, 11) is 0. The topological polar surface area (TPSA) is 73.6 Å². The molecule has 0 heterocycles. The van der Waals surface area contributed by atoms with Gasteiger partial charge in [0, 0.05) is 11.8 Å². The number of hydrogen-bond donors (Lipinski definition) is 2. The van der Waals surface area contributed by atoms with E-state index in [4.69, 9.17) is 15.2 Å². The third kappa shape index (κ3) is 4.42. The number of anilines is 2. The molecule has 110 valence electrons. The molecule has 3 N–H and O–H groups in total. The maximum absolute atomic E-state index is 11.8. The summed E-state index contributed by atoms with van der Waals surface area (Å²) < 4.78 is 10.8. The van der Waals surface area contributed by atoms with Gasteiger partial charge in [-0.05, 0) is 31.2 Å². The van der Waals surface area contributed by atoms with Crippen LogP contribution in [0.3, 0.4) is 0 Å². The SMILES string of the molecule is CCOc1cccc(NC(=O)COc2ccccc2N)c1. The Morgan fingerprint density at radius 1 is 1.14 bits per heavy atom. The van der Waals surface area contributed by atoms with Crippen LogP contribution in [0.25, 0.3) is 0 Å². The van der Waals surface area contributed by atoms with Crippen molar-refractivity contribution in [1.29, 1.82) is 0 Å². The number of carbonyl (C=O) groups is 1. The Morgan fingerprint density at radius 3 is 2.71 bits per heavy atom. The van der Waals surface area contributed by atoms with E-state index in [-0.39, 0.29) is 12.5 Å². The molecule has 1 amide bonds. The van der Waals surface area contributed by atoms with Crippen molar-refractivity contribution in [3.8, 4) is 11.5 Å². The fourth-order valence-corrected chi connectivity index (χ4v) is 1.78. The molecular formula is C16H18N2O3. The second-order valence-corrected chi connectivity index (χ2v) is 4.34. The minimum Gasteiger partial charge on any atom is -0.494 e. The third-order valence-corrected chi connectivity index (χ3v) is 2.71. The second kappa shape index (κ2) is 7.19. The molecule has 0 aliphatic carbocycles. The number of ether oxygens (including phenoxy) is 2. The first-order valence-electron chi connectivity index (χ1n) is 6.69. The van der Waals surface area contributed by atoms with Gasteiger partial charge in [0.15, 0.2) is 6.61 Å².